The van der Waals surface area contributed by atoms with Crippen LogP contribution in [-0.2, 0) is 0 Å². The predicted molar refractivity (Wildman–Crippen MR) is 53.0 cm³/mol. The molecule has 0 amide bonds. The summed E-state index contributed by atoms with van der Waals surface area (Å²) in [5, 5.41) is 28.8. The lowest BCUT2D eigenvalue weighted by molar-refractivity contribution is -0.0536. The molecule has 0 aliphatic heterocycles. The second-order valence-corrected chi connectivity index (χ2v) is 4.17. The standard InChI is InChI=1S/C11H16O4/c12-8-4-3-7(6-9(8)13)11(14)10-2-1-5-15-10/h1-2,5,7-9,11-14H,3-4,6H2/t7-,8+,9+,11+/m0/s1. The van der Waals surface area contributed by atoms with Crippen LogP contribution in [0.5, 0.6) is 0 Å². The molecule has 1 aliphatic rings. The largest absolute Gasteiger partial charge is 0.467 e. The molecule has 1 saturated carbocycles. The van der Waals surface area contributed by atoms with Crippen LogP contribution in [0.1, 0.15) is 31.1 Å². The Morgan fingerprint density at radius 3 is 2.67 bits per heavy atom. The number of hydrogen-bond acceptors (Lipinski definition) is 4. The second kappa shape index (κ2) is 4.35. The van der Waals surface area contributed by atoms with E-state index in [2.05, 4.69) is 0 Å². The van der Waals surface area contributed by atoms with Gasteiger partial charge >= 0.3 is 0 Å². The van der Waals surface area contributed by atoms with E-state index in [1.807, 2.05) is 0 Å². The molecule has 1 aromatic rings. The van der Waals surface area contributed by atoms with E-state index in [1.165, 1.54) is 6.26 Å². The first-order valence-electron chi connectivity index (χ1n) is 5.26. The summed E-state index contributed by atoms with van der Waals surface area (Å²) in [7, 11) is 0. The maximum absolute atomic E-state index is 9.95. The first kappa shape index (κ1) is 10.7. The van der Waals surface area contributed by atoms with Crippen LogP contribution in [0.15, 0.2) is 22.8 Å². The fraction of sp³-hybridized carbons (Fsp3) is 0.636. The third-order valence-corrected chi connectivity index (χ3v) is 3.10. The van der Waals surface area contributed by atoms with Gasteiger partial charge in [-0.05, 0) is 37.3 Å². The Balaban J connectivity index is 2.00. The lowest BCUT2D eigenvalue weighted by Crippen LogP contribution is -2.35. The molecule has 1 aliphatic carbocycles. The average Bonchev–Trinajstić information content (AvgIpc) is 2.74. The van der Waals surface area contributed by atoms with Crippen LogP contribution in [0.25, 0.3) is 0 Å². The summed E-state index contributed by atoms with van der Waals surface area (Å²) >= 11 is 0. The summed E-state index contributed by atoms with van der Waals surface area (Å²) in [4.78, 5) is 0. The summed E-state index contributed by atoms with van der Waals surface area (Å²) in [6.45, 7) is 0. The van der Waals surface area contributed by atoms with Gasteiger partial charge in [-0.15, -0.1) is 0 Å². The minimum atomic E-state index is -0.728. The Morgan fingerprint density at radius 1 is 1.27 bits per heavy atom. The molecule has 0 radical (unpaired) electrons. The summed E-state index contributed by atoms with van der Waals surface area (Å²) in [6.07, 6.45) is 1.12. The minimum absolute atomic E-state index is 0.0328. The van der Waals surface area contributed by atoms with Crippen molar-refractivity contribution in [2.75, 3.05) is 0 Å². The molecule has 2 rings (SSSR count). The summed E-state index contributed by atoms with van der Waals surface area (Å²) in [5.41, 5.74) is 0. The van der Waals surface area contributed by atoms with Gasteiger partial charge in [-0.25, -0.2) is 0 Å². The number of hydrogen-bond donors (Lipinski definition) is 3. The first-order chi connectivity index (χ1) is 7.18. The maximum atomic E-state index is 9.95. The summed E-state index contributed by atoms with van der Waals surface area (Å²) in [5.74, 6) is 0.498. The van der Waals surface area contributed by atoms with Crippen LogP contribution in [0, 0.1) is 5.92 Å². The van der Waals surface area contributed by atoms with Crippen LogP contribution in [-0.4, -0.2) is 27.5 Å². The average molecular weight is 212 g/mol. The monoisotopic (exact) mass is 212 g/mol. The van der Waals surface area contributed by atoms with Crippen LogP contribution < -0.4 is 0 Å². The molecule has 15 heavy (non-hydrogen) atoms. The highest BCUT2D eigenvalue weighted by Gasteiger charge is 2.33. The number of aliphatic hydroxyl groups is 3. The van der Waals surface area contributed by atoms with Crippen molar-refractivity contribution < 1.29 is 19.7 Å². The van der Waals surface area contributed by atoms with Gasteiger partial charge < -0.3 is 19.7 Å². The lowest BCUT2D eigenvalue weighted by atomic mass is 9.81. The van der Waals surface area contributed by atoms with Gasteiger partial charge in [0.15, 0.2) is 0 Å². The smallest absolute Gasteiger partial charge is 0.132 e. The molecule has 1 aromatic heterocycles. The highest BCUT2D eigenvalue weighted by molar-refractivity contribution is 5.04. The molecule has 0 bridgehead atoms. The minimum Gasteiger partial charge on any atom is -0.467 e. The highest BCUT2D eigenvalue weighted by Crippen LogP contribution is 2.34. The number of rotatable bonds is 2. The van der Waals surface area contributed by atoms with Crippen molar-refractivity contribution in [1.82, 2.24) is 0 Å². The van der Waals surface area contributed by atoms with Crippen molar-refractivity contribution in [3.8, 4) is 0 Å². The molecule has 4 heteroatoms. The van der Waals surface area contributed by atoms with Gasteiger partial charge in [0.25, 0.3) is 0 Å². The lowest BCUT2D eigenvalue weighted by Gasteiger charge is -2.32. The molecule has 1 fully saturated rings. The molecule has 0 aromatic carbocycles. The molecule has 3 N–H and O–H groups in total. The van der Waals surface area contributed by atoms with E-state index >= 15 is 0 Å². The third-order valence-electron chi connectivity index (χ3n) is 3.10. The third kappa shape index (κ3) is 2.22. The molecule has 0 unspecified atom stereocenters. The highest BCUT2D eigenvalue weighted by atomic mass is 16.4. The Kier molecular flexibility index (Phi) is 3.09. The van der Waals surface area contributed by atoms with E-state index in [0.717, 1.165) is 0 Å². The molecule has 4 nitrogen and oxygen atoms in total. The Bertz CT molecular complexity index is 296. The summed E-state index contributed by atoms with van der Waals surface area (Å²) in [6, 6.07) is 3.45. The quantitative estimate of drug-likeness (QED) is 0.679. The van der Waals surface area contributed by atoms with Crippen molar-refractivity contribution in [1.29, 1.82) is 0 Å². The van der Waals surface area contributed by atoms with Gasteiger partial charge in [-0.2, -0.15) is 0 Å². The number of aliphatic hydroxyl groups excluding tert-OH is 3. The molecule has 0 spiro atoms. The van der Waals surface area contributed by atoms with Gasteiger partial charge in [0.05, 0.1) is 18.5 Å². The van der Waals surface area contributed by atoms with Crippen molar-refractivity contribution >= 4 is 0 Å². The Hall–Kier alpha value is -0.840. The molecule has 4 atom stereocenters. The summed E-state index contributed by atoms with van der Waals surface area (Å²) < 4.78 is 5.12. The van der Waals surface area contributed by atoms with Gasteiger partial charge in [0, 0.05) is 0 Å². The predicted octanol–water partition coefficient (Wildman–Crippen LogP) is 0.835. The van der Waals surface area contributed by atoms with Gasteiger partial charge in [-0.3, -0.25) is 0 Å². The van der Waals surface area contributed by atoms with Crippen molar-refractivity contribution in [2.45, 2.75) is 37.6 Å². The van der Waals surface area contributed by atoms with E-state index < -0.39 is 18.3 Å². The van der Waals surface area contributed by atoms with E-state index in [4.69, 9.17) is 4.42 Å². The van der Waals surface area contributed by atoms with Crippen LogP contribution in [0.2, 0.25) is 0 Å². The number of furan rings is 1. The molecular weight excluding hydrogens is 196 g/mol. The van der Waals surface area contributed by atoms with Crippen LogP contribution >= 0.6 is 0 Å². The second-order valence-electron chi connectivity index (χ2n) is 4.17. The zero-order valence-corrected chi connectivity index (χ0v) is 8.41. The van der Waals surface area contributed by atoms with Gasteiger partial charge in [0.2, 0.25) is 0 Å². The molecular formula is C11H16O4. The van der Waals surface area contributed by atoms with Crippen LogP contribution in [0.4, 0.5) is 0 Å². The van der Waals surface area contributed by atoms with Crippen molar-refractivity contribution in [3.05, 3.63) is 24.2 Å². The molecule has 0 saturated heterocycles. The SMILES string of the molecule is O[C@@H]1CC[C@H]([C@@H](O)c2ccco2)C[C@H]1O. The van der Waals surface area contributed by atoms with Crippen molar-refractivity contribution in [3.63, 3.8) is 0 Å². The van der Waals surface area contributed by atoms with E-state index in [9.17, 15) is 15.3 Å². The molecule has 84 valence electrons. The zero-order chi connectivity index (χ0) is 10.8. The first-order valence-corrected chi connectivity index (χ1v) is 5.26. The van der Waals surface area contributed by atoms with Gasteiger partial charge in [0.1, 0.15) is 11.9 Å². The van der Waals surface area contributed by atoms with E-state index in [0.29, 0.717) is 25.0 Å². The van der Waals surface area contributed by atoms with E-state index in [-0.39, 0.29) is 5.92 Å². The van der Waals surface area contributed by atoms with Gasteiger partial charge in [-0.1, -0.05) is 0 Å². The topological polar surface area (TPSA) is 73.8 Å². The normalized spacial score (nSPS) is 33.9. The van der Waals surface area contributed by atoms with Crippen LogP contribution in [0.3, 0.4) is 0 Å². The Labute approximate surface area is 88.2 Å². The van der Waals surface area contributed by atoms with E-state index in [1.54, 1.807) is 12.1 Å². The Morgan fingerprint density at radius 2 is 2.07 bits per heavy atom. The fourth-order valence-corrected chi connectivity index (χ4v) is 2.14. The maximum Gasteiger partial charge on any atom is 0.132 e. The fourth-order valence-electron chi connectivity index (χ4n) is 2.14. The van der Waals surface area contributed by atoms with Crippen molar-refractivity contribution in [2.24, 2.45) is 5.92 Å². The molecule has 1 heterocycles. The zero-order valence-electron chi connectivity index (χ0n) is 8.41.